The largest absolute Gasteiger partial charge is 0.508 e. The Labute approximate surface area is 77.5 Å². The molecule has 0 saturated carbocycles. The molecule has 1 aliphatic heterocycles. The van der Waals surface area contributed by atoms with E-state index in [0.717, 1.165) is 23.3 Å². The van der Waals surface area contributed by atoms with Crippen LogP contribution >= 0.6 is 0 Å². The van der Waals surface area contributed by atoms with Gasteiger partial charge in [-0.3, -0.25) is 0 Å². The van der Waals surface area contributed by atoms with Crippen LogP contribution in [-0.2, 0) is 0 Å². The average Bonchev–Trinajstić information content (AvgIpc) is 2.31. The summed E-state index contributed by atoms with van der Waals surface area (Å²) in [6.07, 6.45) is 5.05. The number of hydrogen-bond donors (Lipinski definition) is 1. The Bertz CT molecular complexity index is 353. The third-order valence-electron chi connectivity index (χ3n) is 2.17. The lowest BCUT2D eigenvalue weighted by atomic mass is 10.1. The Hall–Kier alpha value is -1.44. The van der Waals surface area contributed by atoms with Crippen molar-refractivity contribution >= 4 is 6.08 Å². The molecule has 2 rings (SSSR count). The van der Waals surface area contributed by atoms with Gasteiger partial charge in [-0.1, -0.05) is 12.2 Å². The van der Waals surface area contributed by atoms with Gasteiger partial charge in [0.15, 0.2) is 0 Å². The van der Waals surface area contributed by atoms with Crippen molar-refractivity contribution in [2.45, 2.75) is 13.3 Å². The zero-order valence-electron chi connectivity index (χ0n) is 7.58. The molecule has 0 saturated heterocycles. The summed E-state index contributed by atoms with van der Waals surface area (Å²) in [5, 5.41) is 9.46. The van der Waals surface area contributed by atoms with Crippen LogP contribution in [0.1, 0.15) is 17.5 Å². The van der Waals surface area contributed by atoms with Crippen molar-refractivity contribution in [3.05, 3.63) is 29.3 Å². The van der Waals surface area contributed by atoms with Gasteiger partial charge in [-0.2, -0.15) is 0 Å². The van der Waals surface area contributed by atoms with Gasteiger partial charge in [0.2, 0.25) is 0 Å². The fraction of sp³-hybridized carbons (Fsp3) is 0.273. The predicted octanol–water partition coefficient (Wildman–Crippen LogP) is 2.50. The molecule has 2 nitrogen and oxygen atoms in total. The van der Waals surface area contributed by atoms with Crippen molar-refractivity contribution in [1.29, 1.82) is 0 Å². The van der Waals surface area contributed by atoms with Crippen LogP contribution in [-0.4, -0.2) is 11.7 Å². The third-order valence-corrected chi connectivity index (χ3v) is 2.17. The number of ether oxygens (including phenoxy) is 1. The van der Waals surface area contributed by atoms with E-state index in [2.05, 4.69) is 6.08 Å². The summed E-state index contributed by atoms with van der Waals surface area (Å²) in [6.45, 7) is 2.57. The maximum Gasteiger partial charge on any atom is 0.130 e. The average molecular weight is 176 g/mol. The van der Waals surface area contributed by atoms with Crippen LogP contribution in [0.3, 0.4) is 0 Å². The Balaban J connectivity index is 2.52. The number of hydrogen-bond acceptors (Lipinski definition) is 2. The van der Waals surface area contributed by atoms with E-state index in [9.17, 15) is 5.11 Å². The second-order valence-corrected chi connectivity index (χ2v) is 3.22. The third kappa shape index (κ3) is 1.52. The maximum atomic E-state index is 9.46. The second kappa shape index (κ2) is 3.13. The molecule has 0 amide bonds. The molecule has 1 aromatic carbocycles. The number of phenols is 1. The summed E-state index contributed by atoms with van der Waals surface area (Å²) < 4.78 is 5.46. The summed E-state index contributed by atoms with van der Waals surface area (Å²) in [5.41, 5.74) is 1.93. The normalized spacial score (nSPS) is 14.5. The lowest BCUT2D eigenvalue weighted by molar-refractivity contribution is 0.324. The molecular weight excluding hydrogens is 164 g/mol. The first-order valence-corrected chi connectivity index (χ1v) is 4.40. The van der Waals surface area contributed by atoms with Gasteiger partial charge < -0.3 is 9.84 Å². The van der Waals surface area contributed by atoms with Gasteiger partial charge >= 0.3 is 0 Å². The molecule has 1 aliphatic rings. The number of rotatable bonds is 0. The van der Waals surface area contributed by atoms with E-state index in [1.165, 1.54) is 0 Å². The zero-order chi connectivity index (χ0) is 9.26. The molecule has 1 heterocycles. The first-order chi connectivity index (χ1) is 6.27. The molecule has 0 aliphatic carbocycles. The highest BCUT2D eigenvalue weighted by molar-refractivity contribution is 5.61. The van der Waals surface area contributed by atoms with E-state index >= 15 is 0 Å². The smallest absolute Gasteiger partial charge is 0.130 e. The quantitative estimate of drug-likeness (QED) is 0.658. The summed E-state index contributed by atoms with van der Waals surface area (Å²) in [5.74, 6) is 1.07. The Morgan fingerprint density at radius 3 is 3.08 bits per heavy atom. The van der Waals surface area contributed by atoms with Crippen molar-refractivity contribution < 1.29 is 9.84 Å². The van der Waals surface area contributed by atoms with Crippen molar-refractivity contribution in [1.82, 2.24) is 0 Å². The molecule has 1 N–H and O–H groups in total. The molecule has 2 heteroatoms. The van der Waals surface area contributed by atoms with Crippen LogP contribution in [0.5, 0.6) is 11.5 Å². The van der Waals surface area contributed by atoms with Gasteiger partial charge in [-0.05, 0) is 25.0 Å². The lowest BCUT2D eigenvalue weighted by Crippen LogP contribution is -1.95. The van der Waals surface area contributed by atoms with Crippen LogP contribution in [0.25, 0.3) is 6.08 Å². The lowest BCUT2D eigenvalue weighted by Gasteiger charge is -2.08. The minimum absolute atomic E-state index is 0.300. The molecule has 0 aromatic heterocycles. The summed E-state index contributed by atoms with van der Waals surface area (Å²) >= 11 is 0. The summed E-state index contributed by atoms with van der Waals surface area (Å²) in [7, 11) is 0. The SMILES string of the molecule is Cc1cc2c(cc1O)OCCC=C2. The first-order valence-electron chi connectivity index (χ1n) is 4.40. The van der Waals surface area contributed by atoms with E-state index in [1.54, 1.807) is 6.07 Å². The minimum atomic E-state index is 0.300. The van der Waals surface area contributed by atoms with Crippen LogP contribution < -0.4 is 4.74 Å². The van der Waals surface area contributed by atoms with Crippen molar-refractivity contribution in [2.75, 3.05) is 6.61 Å². The van der Waals surface area contributed by atoms with Gasteiger partial charge in [-0.25, -0.2) is 0 Å². The van der Waals surface area contributed by atoms with Gasteiger partial charge in [-0.15, -0.1) is 0 Å². The van der Waals surface area contributed by atoms with Crippen LogP contribution in [0.4, 0.5) is 0 Å². The van der Waals surface area contributed by atoms with Gasteiger partial charge in [0.25, 0.3) is 0 Å². The highest BCUT2D eigenvalue weighted by Crippen LogP contribution is 2.30. The number of fused-ring (bicyclic) bond motifs is 1. The van der Waals surface area contributed by atoms with Crippen LogP contribution in [0.2, 0.25) is 0 Å². The molecule has 0 spiro atoms. The monoisotopic (exact) mass is 176 g/mol. The Morgan fingerprint density at radius 2 is 2.23 bits per heavy atom. The highest BCUT2D eigenvalue weighted by Gasteiger charge is 2.07. The number of phenolic OH excluding ortho intramolecular Hbond substituents is 1. The zero-order valence-corrected chi connectivity index (χ0v) is 7.58. The van der Waals surface area contributed by atoms with Gasteiger partial charge in [0.05, 0.1) is 6.61 Å². The summed E-state index contributed by atoms with van der Waals surface area (Å²) in [6, 6.07) is 3.62. The van der Waals surface area contributed by atoms with E-state index < -0.39 is 0 Å². The number of aromatic hydroxyl groups is 1. The fourth-order valence-electron chi connectivity index (χ4n) is 1.40. The van der Waals surface area contributed by atoms with E-state index in [4.69, 9.17) is 4.74 Å². The molecule has 1 aromatic rings. The topological polar surface area (TPSA) is 29.5 Å². The minimum Gasteiger partial charge on any atom is -0.508 e. The van der Waals surface area contributed by atoms with Crippen LogP contribution in [0.15, 0.2) is 18.2 Å². The Morgan fingerprint density at radius 1 is 1.38 bits per heavy atom. The van der Waals surface area contributed by atoms with Gasteiger partial charge in [0, 0.05) is 11.6 Å². The summed E-state index contributed by atoms with van der Waals surface area (Å²) in [4.78, 5) is 0. The maximum absolute atomic E-state index is 9.46. The molecule has 0 unspecified atom stereocenters. The predicted molar refractivity (Wildman–Crippen MR) is 52.0 cm³/mol. The Kier molecular flexibility index (Phi) is 1.97. The van der Waals surface area contributed by atoms with E-state index in [1.807, 2.05) is 19.1 Å². The fourth-order valence-corrected chi connectivity index (χ4v) is 1.40. The first kappa shape index (κ1) is 8.17. The highest BCUT2D eigenvalue weighted by atomic mass is 16.5. The number of aryl methyl sites for hydroxylation is 1. The van der Waals surface area contributed by atoms with Crippen molar-refractivity contribution in [2.24, 2.45) is 0 Å². The van der Waals surface area contributed by atoms with Crippen molar-refractivity contribution in [3.63, 3.8) is 0 Å². The second-order valence-electron chi connectivity index (χ2n) is 3.22. The van der Waals surface area contributed by atoms with E-state index in [0.29, 0.717) is 12.4 Å². The molecule has 13 heavy (non-hydrogen) atoms. The standard InChI is InChI=1S/C11H12O2/c1-8-6-9-4-2-3-5-13-11(9)7-10(8)12/h2,4,6-7,12H,3,5H2,1H3. The molecule has 0 fully saturated rings. The van der Waals surface area contributed by atoms with Gasteiger partial charge in [0.1, 0.15) is 11.5 Å². The molecular formula is C11H12O2. The van der Waals surface area contributed by atoms with Crippen molar-refractivity contribution in [3.8, 4) is 11.5 Å². The van der Waals surface area contributed by atoms with Crippen LogP contribution in [0, 0.1) is 6.92 Å². The molecule has 0 bridgehead atoms. The number of benzene rings is 1. The molecule has 0 radical (unpaired) electrons. The van der Waals surface area contributed by atoms with E-state index in [-0.39, 0.29) is 0 Å². The molecule has 68 valence electrons. The molecule has 0 atom stereocenters.